The van der Waals surface area contributed by atoms with Crippen molar-refractivity contribution in [2.45, 2.75) is 13.8 Å². The minimum atomic E-state index is -0.271. The highest BCUT2D eigenvalue weighted by atomic mass is 32.1. The van der Waals surface area contributed by atoms with Gasteiger partial charge in [0, 0.05) is 10.9 Å². The molecule has 0 atom stereocenters. The second kappa shape index (κ2) is 6.36. The van der Waals surface area contributed by atoms with Crippen molar-refractivity contribution < 1.29 is 14.7 Å². The lowest BCUT2D eigenvalue weighted by molar-refractivity contribution is 0.102. The Labute approximate surface area is 126 Å². The number of nitrogens with zero attached hydrogens (tertiary/aromatic N) is 2. The van der Waals surface area contributed by atoms with Crippen molar-refractivity contribution >= 4 is 28.1 Å². The van der Waals surface area contributed by atoms with Gasteiger partial charge >= 0.3 is 0 Å². The van der Waals surface area contributed by atoms with Crippen molar-refractivity contribution in [3.05, 3.63) is 40.4 Å². The van der Waals surface area contributed by atoms with Gasteiger partial charge in [-0.3, -0.25) is 10.1 Å². The van der Waals surface area contributed by atoms with Gasteiger partial charge in [0.1, 0.15) is 17.2 Å². The van der Waals surface area contributed by atoms with E-state index in [0.29, 0.717) is 27.9 Å². The molecule has 0 radical (unpaired) electrons. The molecule has 0 aliphatic heterocycles. The van der Waals surface area contributed by atoms with Crippen LogP contribution in [0.2, 0.25) is 0 Å². The summed E-state index contributed by atoms with van der Waals surface area (Å²) in [6, 6.07) is 5.23. The molecule has 7 heteroatoms. The molecule has 0 aliphatic carbocycles. The first-order valence-electron chi connectivity index (χ1n) is 6.15. The first-order chi connectivity index (χ1) is 10.0. The van der Waals surface area contributed by atoms with Gasteiger partial charge < -0.3 is 9.94 Å². The average molecular weight is 305 g/mol. The monoisotopic (exact) mass is 305 g/mol. The quantitative estimate of drug-likeness (QED) is 0.517. The average Bonchev–Trinajstić information content (AvgIpc) is 2.95. The highest BCUT2D eigenvalue weighted by Crippen LogP contribution is 2.21. The number of benzene rings is 1. The number of aryl methyl sites for hydroxylation is 1. The predicted molar refractivity (Wildman–Crippen MR) is 81.8 cm³/mol. The van der Waals surface area contributed by atoms with Crippen LogP contribution in [0.5, 0.6) is 5.75 Å². The summed E-state index contributed by atoms with van der Waals surface area (Å²) in [5, 5.41) is 16.6. The fraction of sp³-hybridized carbons (Fsp3) is 0.214. The van der Waals surface area contributed by atoms with E-state index in [4.69, 9.17) is 9.94 Å². The lowest BCUT2D eigenvalue weighted by Crippen LogP contribution is -2.12. The number of carbonyl (C=O) groups excluding carboxylic acids is 1. The van der Waals surface area contributed by atoms with Crippen LogP contribution in [0.25, 0.3) is 0 Å². The van der Waals surface area contributed by atoms with Crippen molar-refractivity contribution in [3.8, 4) is 5.75 Å². The number of hydrogen-bond donors (Lipinski definition) is 2. The summed E-state index contributed by atoms with van der Waals surface area (Å²) < 4.78 is 5.20. The third-order valence-electron chi connectivity index (χ3n) is 2.92. The van der Waals surface area contributed by atoms with E-state index in [0.717, 1.165) is 5.56 Å². The van der Waals surface area contributed by atoms with E-state index in [9.17, 15) is 4.79 Å². The molecule has 2 N–H and O–H groups in total. The number of methoxy groups -OCH3 is 1. The molecule has 0 fully saturated rings. The number of oxime groups is 1. The zero-order chi connectivity index (χ0) is 15.4. The van der Waals surface area contributed by atoms with Crippen LogP contribution >= 0.6 is 11.3 Å². The van der Waals surface area contributed by atoms with Gasteiger partial charge in [-0.1, -0.05) is 11.2 Å². The summed E-state index contributed by atoms with van der Waals surface area (Å²) >= 11 is 1.26. The summed E-state index contributed by atoms with van der Waals surface area (Å²) in [7, 11) is 1.56. The van der Waals surface area contributed by atoms with Crippen LogP contribution in [-0.2, 0) is 0 Å². The van der Waals surface area contributed by atoms with Gasteiger partial charge in [0.15, 0.2) is 5.13 Å². The fourth-order valence-corrected chi connectivity index (χ4v) is 2.43. The van der Waals surface area contributed by atoms with Gasteiger partial charge in [-0.2, -0.15) is 0 Å². The summed E-state index contributed by atoms with van der Waals surface area (Å²) in [4.78, 5) is 16.3. The van der Waals surface area contributed by atoms with E-state index in [1.807, 2.05) is 13.0 Å². The zero-order valence-corrected chi connectivity index (χ0v) is 12.7. The molecule has 6 nitrogen and oxygen atoms in total. The first kappa shape index (κ1) is 15.0. The van der Waals surface area contributed by atoms with Crippen molar-refractivity contribution in [1.29, 1.82) is 0 Å². The van der Waals surface area contributed by atoms with E-state index in [2.05, 4.69) is 15.5 Å². The lowest BCUT2D eigenvalue weighted by Gasteiger charge is -2.07. The van der Waals surface area contributed by atoms with Crippen molar-refractivity contribution in [1.82, 2.24) is 4.98 Å². The molecule has 2 rings (SSSR count). The first-order valence-corrected chi connectivity index (χ1v) is 7.03. The molecular weight excluding hydrogens is 290 g/mol. The SMILES string of the molecule is COc1cc(C(=O)Nc2nc(C(C)=NO)cs2)ccc1C. The van der Waals surface area contributed by atoms with Crippen LogP contribution in [0.15, 0.2) is 28.7 Å². The van der Waals surface area contributed by atoms with E-state index in [-0.39, 0.29) is 5.91 Å². The van der Waals surface area contributed by atoms with Gasteiger partial charge in [0.2, 0.25) is 0 Å². The Morgan fingerprint density at radius 2 is 2.24 bits per heavy atom. The second-order valence-corrected chi connectivity index (χ2v) is 5.22. The number of aromatic nitrogens is 1. The lowest BCUT2D eigenvalue weighted by atomic mass is 10.1. The minimum Gasteiger partial charge on any atom is -0.496 e. The number of rotatable bonds is 4. The molecule has 0 aliphatic rings. The molecule has 1 aromatic carbocycles. The third kappa shape index (κ3) is 3.38. The minimum absolute atomic E-state index is 0.271. The normalized spacial score (nSPS) is 11.3. The zero-order valence-electron chi connectivity index (χ0n) is 11.9. The van der Waals surface area contributed by atoms with Gasteiger partial charge in [-0.25, -0.2) is 4.98 Å². The maximum Gasteiger partial charge on any atom is 0.257 e. The topological polar surface area (TPSA) is 83.8 Å². The highest BCUT2D eigenvalue weighted by molar-refractivity contribution is 7.14. The molecule has 0 spiro atoms. The number of nitrogens with one attached hydrogen (secondary N) is 1. The summed E-state index contributed by atoms with van der Waals surface area (Å²) in [5.41, 5.74) is 2.37. The molecule has 0 saturated heterocycles. The van der Waals surface area contributed by atoms with Crippen molar-refractivity contribution in [2.75, 3.05) is 12.4 Å². The number of hydrogen-bond acceptors (Lipinski definition) is 6. The number of thiazole rings is 1. The van der Waals surface area contributed by atoms with E-state index in [1.54, 1.807) is 31.5 Å². The Kier molecular flexibility index (Phi) is 4.54. The van der Waals surface area contributed by atoms with Crippen LogP contribution in [-0.4, -0.2) is 28.9 Å². The van der Waals surface area contributed by atoms with Crippen LogP contribution in [0.3, 0.4) is 0 Å². The molecular formula is C14H15N3O3S. The van der Waals surface area contributed by atoms with Crippen LogP contribution < -0.4 is 10.1 Å². The Balaban J connectivity index is 2.16. The standard InChI is InChI=1S/C14H15N3O3S/c1-8-4-5-10(6-12(8)20-3)13(18)16-14-15-11(7-21-14)9(2)17-19/h4-7,19H,1-3H3,(H,15,16,18). The number of carbonyl (C=O) groups is 1. The molecule has 0 unspecified atom stereocenters. The summed E-state index contributed by atoms with van der Waals surface area (Å²) in [5.74, 6) is 0.388. The van der Waals surface area contributed by atoms with Crippen LogP contribution in [0, 0.1) is 6.92 Å². The van der Waals surface area contributed by atoms with Crippen LogP contribution in [0.4, 0.5) is 5.13 Å². The third-order valence-corrected chi connectivity index (χ3v) is 3.67. The number of ether oxygens (including phenoxy) is 1. The Hall–Kier alpha value is -2.41. The Morgan fingerprint density at radius 1 is 1.48 bits per heavy atom. The maximum absolute atomic E-state index is 12.2. The van der Waals surface area contributed by atoms with E-state index in [1.165, 1.54) is 11.3 Å². The number of anilines is 1. The molecule has 1 aromatic heterocycles. The highest BCUT2D eigenvalue weighted by Gasteiger charge is 2.12. The molecule has 1 amide bonds. The van der Waals surface area contributed by atoms with E-state index >= 15 is 0 Å². The van der Waals surface area contributed by atoms with Crippen molar-refractivity contribution in [3.63, 3.8) is 0 Å². The molecule has 110 valence electrons. The Morgan fingerprint density at radius 3 is 2.90 bits per heavy atom. The fourth-order valence-electron chi connectivity index (χ4n) is 1.68. The summed E-state index contributed by atoms with van der Waals surface area (Å²) in [6.07, 6.45) is 0. The Bertz CT molecular complexity index is 695. The molecule has 21 heavy (non-hydrogen) atoms. The maximum atomic E-state index is 12.2. The summed E-state index contributed by atoms with van der Waals surface area (Å²) in [6.45, 7) is 3.54. The van der Waals surface area contributed by atoms with Gasteiger partial charge in [0.25, 0.3) is 5.91 Å². The molecule has 0 bridgehead atoms. The van der Waals surface area contributed by atoms with Gasteiger partial charge in [-0.15, -0.1) is 11.3 Å². The number of amides is 1. The molecule has 2 aromatic rings. The van der Waals surface area contributed by atoms with Gasteiger partial charge in [0.05, 0.1) is 7.11 Å². The van der Waals surface area contributed by atoms with E-state index < -0.39 is 0 Å². The van der Waals surface area contributed by atoms with Crippen molar-refractivity contribution in [2.24, 2.45) is 5.16 Å². The second-order valence-electron chi connectivity index (χ2n) is 4.36. The predicted octanol–water partition coefficient (Wildman–Crippen LogP) is 2.91. The van der Waals surface area contributed by atoms with Gasteiger partial charge in [-0.05, 0) is 31.5 Å². The molecule has 1 heterocycles. The largest absolute Gasteiger partial charge is 0.496 e. The smallest absolute Gasteiger partial charge is 0.257 e. The molecule has 0 saturated carbocycles. The van der Waals surface area contributed by atoms with Crippen LogP contribution in [0.1, 0.15) is 28.5 Å².